The zero-order valence-electron chi connectivity index (χ0n) is 17.9. The van der Waals surface area contributed by atoms with E-state index in [-0.39, 0.29) is 34.6 Å². The third-order valence-electron chi connectivity index (χ3n) is 6.00. The number of benzene rings is 1. The van der Waals surface area contributed by atoms with Crippen LogP contribution in [-0.4, -0.2) is 34.1 Å². The summed E-state index contributed by atoms with van der Waals surface area (Å²) < 4.78 is 47.6. The Morgan fingerprint density at radius 3 is 2.85 bits per heavy atom. The van der Waals surface area contributed by atoms with Gasteiger partial charge in [-0.2, -0.15) is 0 Å². The molecule has 2 aromatic rings. The van der Waals surface area contributed by atoms with Crippen LogP contribution in [0.3, 0.4) is 0 Å². The van der Waals surface area contributed by atoms with Gasteiger partial charge in [-0.3, -0.25) is 9.79 Å². The zero-order chi connectivity index (χ0) is 24.0. The second-order valence-electron chi connectivity index (χ2n) is 8.26. The number of anilines is 1. The first-order chi connectivity index (χ1) is 15.6. The van der Waals surface area contributed by atoms with Crippen molar-refractivity contribution in [2.45, 2.75) is 30.6 Å². The number of amides is 1. The number of carbonyl (C=O) groups is 1. The predicted octanol–water partition coefficient (Wildman–Crippen LogP) is 3.94. The van der Waals surface area contributed by atoms with Crippen molar-refractivity contribution in [3.05, 3.63) is 52.9 Å². The van der Waals surface area contributed by atoms with Gasteiger partial charge in [0.2, 0.25) is 0 Å². The van der Waals surface area contributed by atoms with Crippen LogP contribution in [0.15, 0.2) is 29.4 Å². The van der Waals surface area contributed by atoms with E-state index in [1.54, 1.807) is 19.9 Å². The quantitative estimate of drug-likeness (QED) is 0.619. The molecule has 0 spiro atoms. The Kier molecular flexibility index (Phi) is 5.78. The Balaban J connectivity index is 1.64. The van der Waals surface area contributed by atoms with Crippen molar-refractivity contribution >= 4 is 28.5 Å². The first kappa shape index (κ1) is 23.0. The number of nitrogens with one attached hydrogen (secondary N) is 1. The molecule has 1 saturated carbocycles. The molecule has 3 atom stereocenters. The van der Waals surface area contributed by atoms with Gasteiger partial charge in [0, 0.05) is 23.2 Å². The molecule has 1 amide bonds. The van der Waals surface area contributed by atoms with Crippen LogP contribution in [0.1, 0.15) is 35.0 Å². The molecular weight excluding hydrogens is 453 g/mol. The van der Waals surface area contributed by atoms with Gasteiger partial charge in [-0.1, -0.05) is 17.7 Å². The summed E-state index contributed by atoms with van der Waals surface area (Å²) in [7, 11) is 0. The van der Waals surface area contributed by atoms with Crippen molar-refractivity contribution in [1.82, 2.24) is 4.98 Å². The maximum atomic E-state index is 14.9. The van der Waals surface area contributed by atoms with Gasteiger partial charge in [0.25, 0.3) is 5.91 Å². The average Bonchev–Trinajstić information content (AvgIpc) is 3.50. The van der Waals surface area contributed by atoms with E-state index in [1.165, 1.54) is 12.3 Å². The molecule has 2 heterocycles. The van der Waals surface area contributed by atoms with Gasteiger partial charge in [0.1, 0.15) is 24.7 Å². The molecule has 3 N–H and O–H groups in total. The Morgan fingerprint density at radius 1 is 1.42 bits per heavy atom. The van der Waals surface area contributed by atoms with Crippen molar-refractivity contribution in [3.8, 4) is 18.1 Å². The molecule has 1 aromatic carbocycles. The summed E-state index contributed by atoms with van der Waals surface area (Å²) in [5, 5.41) is 2.67. The smallest absolute Gasteiger partial charge is 0.274 e. The molecule has 4 rings (SSSR count). The number of carbonyl (C=O) groups excluding carboxylic acids is 1. The summed E-state index contributed by atoms with van der Waals surface area (Å²) in [5.74, 6) is -0.515. The molecule has 10 heteroatoms. The van der Waals surface area contributed by atoms with Crippen LogP contribution in [0.4, 0.5) is 18.9 Å². The Hall–Kier alpha value is -3.19. The van der Waals surface area contributed by atoms with Crippen LogP contribution >= 0.6 is 11.8 Å². The van der Waals surface area contributed by atoms with Gasteiger partial charge < -0.3 is 15.8 Å². The van der Waals surface area contributed by atoms with Gasteiger partial charge >= 0.3 is 0 Å². The molecular formula is C23H21F3N4O2S. The summed E-state index contributed by atoms with van der Waals surface area (Å²) in [5.41, 5.74) is 5.14. The van der Waals surface area contributed by atoms with Gasteiger partial charge in [-0.25, -0.2) is 18.2 Å². The fourth-order valence-electron chi connectivity index (χ4n) is 4.28. The molecule has 0 radical (unpaired) electrons. The standard InChI is InChI=1S/C23H21F3N4O2S/c1-4-5-32-14-6-12(2)19(28-10-14)20(31)29-13-7-15(18(26)16(25)8-13)22(3)17-9-23(17,11-24)33-21(27)30-22/h1,6-8,10,17H,5,9,11H2,2-3H3,(H2,27,30)(H,29,31)/t17-,22+,23+/m0/s1. The zero-order valence-corrected chi connectivity index (χ0v) is 18.7. The minimum atomic E-state index is -1.27. The number of aliphatic imine (C=N–C) groups is 1. The van der Waals surface area contributed by atoms with Crippen molar-refractivity contribution in [2.24, 2.45) is 16.6 Å². The van der Waals surface area contributed by atoms with Crippen LogP contribution in [-0.2, 0) is 5.54 Å². The van der Waals surface area contributed by atoms with E-state index in [0.29, 0.717) is 17.7 Å². The highest BCUT2D eigenvalue weighted by molar-refractivity contribution is 8.15. The molecule has 1 aliphatic heterocycles. The summed E-state index contributed by atoms with van der Waals surface area (Å²) in [6.07, 6.45) is 6.94. The molecule has 33 heavy (non-hydrogen) atoms. The van der Waals surface area contributed by atoms with E-state index in [2.05, 4.69) is 21.2 Å². The monoisotopic (exact) mass is 474 g/mol. The van der Waals surface area contributed by atoms with E-state index >= 15 is 0 Å². The maximum absolute atomic E-state index is 14.9. The molecule has 0 unspecified atom stereocenters. The number of fused-ring (bicyclic) bond motifs is 1. The van der Waals surface area contributed by atoms with Crippen LogP contribution in [0.25, 0.3) is 0 Å². The normalized spacial score (nSPS) is 25.5. The minimum Gasteiger partial charge on any atom is -0.479 e. The predicted molar refractivity (Wildman–Crippen MR) is 121 cm³/mol. The highest BCUT2D eigenvalue weighted by atomic mass is 32.2. The summed E-state index contributed by atoms with van der Waals surface area (Å²) in [6.45, 7) is 2.66. The molecule has 1 aliphatic carbocycles. The third kappa shape index (κ3) is 4.02. The van der Waals surface area contributed by atoms with Crippen molar-refractivity contribution in [1.29, 1.82) is 0 Å². The summed E-state index contributed by atoms with van der Waals surface area (Å²) in [4.78, 5) is 21.2. The fourth-order valence-corrected chi connectivity index (χ4v) is 5.61. The lowest BCUT2D eigenvalue weighted by atomic mass is 9.85. The number of hydrogen-bond donors (Lipinski definition) is 2. The average molecular weight is 475 g/mol. The second kappa shape index (κ2) is 8.30. The number of halogens is 3. The van der Waals surface area contributed by atoms with Gasteiger partial charge in [-0.15, -0.1) is 6.42 Å². The number of nitrogens with zero attached hydrogens (tertiary/aromatic N) is 2. The number of terminal acetylenes is 1. The summed E-state index contributed by atoms with van der Waals surface area (Å²) in [6, 6.07) is 3.78. The Morgan fingerprint density at radius 2 is 2.18 bits per heavy atom. The Labute approximate surface area is 193 Å². The molecule has 2 aliphatic rings. The molecule has 0 bridgehead atoms. The van der Waals surface area contributed by atoms with Gasteiger partial charge in [0.15, 0.2) is 16.8 Å². The van der Waals surface area contributed by atoms with E-state index in [9.17, 15) is 18.0 Å². The van der Waals surface area contributed by atoms with Crippen LogP contribution < -0.4 is 15.8 Å². The number of pyridine rings is 1. The van der Waals surface area contributed by atoms with E-state index in [0.717, 1.165) is 17.8 Å². The summed E-state index contributed by atoms with van der Waals surface area (Å²) >= 11 is 1.13. The largest absolute Gasteiger partial charge is 0.479 e. The molecule has 1 aromatic heterocycles. The van der Waals surface area contributed by atoms with E-state index in [1.807, 2.05) is 0 Å². The second-order valence-corrected chi connectivity index (χ2v) is 9.69. The number of aromatic nitrogens is 1. The number of ether oxygens (including phenoxy) is 1. The number of thioether (sulfide) groups is 1. The third-order valence-corrected chi connectivity index (χ3v) is 7.27. The van der Waals surface area contributed by atoms with Crippen LogP contribution in [0.5, 0.6) is 5.75 Å². The van der Waals surface area contributed by atoms with Gasteiger partial charge in [0.05, 0.1) is 16.5 Å². The number of rotatable bonds is 6. The van der Waals surface area contributed by atoms with Crippen molar-refractivity contribution in [3.63, 3.8) is 0 Å². The highest BCUT2D eigenvalue weighted by Gasteiger charge is 2.66. The SMILES string of the molecule is C#CCOc1cnc(C(=O)Nc2cc(F)c(F)c([C@@]3(C)N=C(N)S[C@@]4(CF)C[C@H]43)c2)c(C)c1. The molecule has 172 valence electrons. The molecule has 6 nitrogen and oxygen atoms in total. The Bertz CT molecular complexity index is 1210. The lowest BCUT2D eigenvalue weighted by Crippen LogP contribution is -2.37. The molecule has 0 saturated heterocycles. The van der Waals surface area contributed by atoms with Crippen molar-refractivity contribution in [2.75, 3.05) is 18.6 Å². The first-order valence-electron chi connectivity index (χ1n) is 10.1. The van der Waals surface area contributed by atoms with Crippen LogP contribution in [0.2, 0.25) is 0 Å². The first-order valence-corrected chi connectivity index (χ1v) is 10.9. The topological polar surface area (TPSA) is 89.6 Å². The van der Waals surface area contributed by atoms with E-state index < -0.39 is 34.5 Å². The number of alkyl halides is 1. The van der Waals surface area contributed by atoms with E-state index in [4.69, 9.17) is 16.9 Å². The highest BCUT2D eigenvalue weighted by Crippen LogP contribution is 2.66. The van der Waals surface area contributed by atoms with Crippen LogP contribution in [0, 0.1) is 36.8 Å². The van der Waals surface area contributed by atoms with Crippen molar-refractivity contribution < 1.29 is 22.7 Å². The minimum absolute atomic E-state index is 0.0162. The lowest BCUT2D eigenvalue weighted by molar-refractivity contribution is 0.102. The number of amidine groups is 1. The number of aryl methyl sites for hydroxylation is 1. The lowest BCUT2D eigenvalue weighted by Gasteiger charge is -2.33. The molecule has 1 fully saturated rings. The fraction of sp³-hybridized carbons (Fsp3) is 0.348. The number of nitrogens with two attached hydrogens (primary N) is 1. The van der Waals surface area contributed by atoms with Gasteiger partial charge in [-0.05, 0) is 38.0 Å². The number of hydrogen-bond acceptors (Lipinski definition) is 6. The maximum Gasteiger partial charge on any atom is 0.274 e.